The largest absolute Gasteiger partial charge is 0.493 e. The molecule has 0 radical (unpaired) electrons. The number of hydrogen-bond donors (Lipinski definition) is 1. The Balaban J connectivity index is 0.00000256. The maximum absolute atomic E-state index is 5.96. The second-order valence-electron chi connectivity index (χ2n) is 4.22. The van der Waals surface area contributed by atoms with E-state index in [2.05, 4.69) is 26.0 Å². The predicted octanol–water partition coefficient (Wildman–Crippen LogP) is 3.87. The summed E-state index contributed by atoms with van der Waals surface area (Å²) in [7, 11) is 0. The Bertz CT molecular complexity index is 326. The molecule has 0 fully saturated rings. The first-order chi connectivity index (χ1) is 7.69. The summed E-state index contributed by atoms with van der Waals surface area (Å²) in [5.41, 5.74) is 8.40. The van der Waals surface area contributed by atoms with Crippen LogP contribution in [0.4, 0.5) is 0 Å². The van der Waals surface area contributed by atoms with Crippen molar-refractivity contribution >= 4 is 12.4 Å². The molecule has 0 amide bonds. The first kappa shape index (κ1) is 16.3. The summed E-state index contributed by atoms with van der Waals surface area (Å²) in [6, 6.07) is 6.36. The molecule has 2 nitrogen and oxygen atoms in total. The Morgan fingerprint density at radius 2 is 2.00 bits per heavy atom. The molecule has 0 saturated heterocycles. The fraction of sp³-hybridized carbons (Fsp3) is 0.571. The van der Waals surface area contributed by atoms with Crippen molar-refractivity contribution in [3.05, 3.63) is 29.3 Å². The molecular formula is C14H24ClNO. The number of ether oxygens (including phenoxy) is 1. The van der Waals surface area contributed by atoms with Gasteiger partial charge in [-0.3, -0.25) is 0 Å². The number of benzene rings is 1. The van der Waals surface area contributed by atoms with Crippen LogP contribution in [0.25, 0.3) is 0 Å². The lowest BCUT2D eigenvalue weighted by atomic mass is 10.0. The highest BCUT2D eigenvalue weighted by Gasteiger charge is 2.08. The van der Waals surface area contributed by atoms with Crippen LogP contribution >= 0.6 is 12.4 Å². The summed E-state index contributed by atoms with van der Waals surface area (Å²) in [4.78, 5) is 0. The van der Waals surface area contributed by atoms with Gasteiger partial charge in [0.25, 0.3) is 0 Å². The molecule has 1 aromatic rings. The van der Waals surface area contributed by atoms with Gasteiger partial charge < -0.3 is 10.5 Å². The molecule has 0 saturated carbocycles. The van der Waals surface area contributed by atoms with Crippen LogP contribution in [-0.4, -0.2) is 6.61 Å². The van der Waals surface area contributed by atoms with Gasteiger partial charge in [0.05, 0.1) is 6.61 Å². The van der Waals surface area contributed by atoms with Gasteiger partial charge in [0.1, 0.15) is 5.75 Å². The van der Waals surface area contributed by atoms with Crippen LogP contribution in [0, 0.1) is 0 Å². The Kier molecular flexibility index (Phi) is 8.01. The van der Waals surface area contributed by atoms with Gasteiger partial charge in [-0.1, -0.05) is 32.4 Å². The zero-order valence-electron chi connectivity index (χ0n) is 11.0. The predicted molar refractivity (Wildman–Crippen MR) is 76.1 cm³/mol. The van der Waals surface area contributed by atoms with Crippen molar-refractivity contribution in [2.24, 2.45) is 5.73 Å². The highest BCUT2D eigenvalue weighted by molar-refractivity contribution is 5.85. The van der Waals surface area contributed by atoms with Crippen molar-refractivity contribution < 1.29 is 4.74 Å². The van der Waals surface area contributed by atoms with E-state index in [1.807, 2.05) is 13.0 Å². The van der Waals surface area contributed by atoms with Crippen molar-refractivity contribution in [2.75, 3.05) is 6.61 Å². The third kappa shape index (κ3) is 4.97. The summed E-state index contributed by atoms with van der Waals surface area (Å²) < 4.78 is 5.76. The zero-order valence-corrected chi connectivity index (χ0v) is 11.8. The lowest BCUT2D eigenvalue weighted by Gasteiger charge is -2.15. The first-order valence-corrected chi connectivity index (χ1v) is 6.20. The summed E-state index contributed by atoms with van der Waals surface area (Å²) in [6.45, 7) is 7.09. The topological polar surface area (TPSA) is 35.2 Å². The minimum Gasteiger partial charge on any atom is -0.493 e. The summed E-state index contributed by atoms with van der Waals surface area (Å²) in [5, 5.41) is 0. The Hall–Kier alpha value is -0.730. The van der Waals surface area contributed by atoms with E-state index in [4.69, 9.17) is 10.5 Å². The monoisotopic (exact) mass is 257 g/mol. The van der Waals surface area contributed by atoms with E-state index in [9.17, 15) is 0 Å². The average molecular weight is 258 g/mol. The molecule has 1 unspecified atom stereocenters. The molecule has 0 spiro atoms. The van der Waals surface area contributed by atoms with E-state index >= 15 is 0 Å². The molecule has 1 atom stereocenters. The fourth-order valence-corrected chi connectivity index (χ4v) is 1.63. The molecule has 0 heterocycles. The van der Waals surface area contributed by atoms with E-state index in [0.29, 0.717) is 0 Å². The minimum atomic E-state index is 0. The van der Waals surface area contributed by atoms with Gasteiger partial charge in [0, 0.05) is 11.6 Å². The van der Waals surface area contributed by atoms with Gasteiger partial charge >= 0.3 is 0 Å². The summed E-state index contributed by atoms with van der Waals surface area (Å²) in [6.07, 6.45) is 3.28. The Morgan fingerprint density at radius 3 is 2.53 bits per heavy atom. The highest BCUT2D eigenvalue weighted by atomic mass is 35.5. The van der Waals surface area contributed by atoms with Gasteiger partial charge in [-0.25, -0.2) is 0 Å². The van der Waals surface area contributed by atoms with Gasteiger partial charge in [-0.05, 0) is 31.4 Å². The molecule has 0 aliphatic heterocycles. The maximum atomic E-state index is 5.96. The van der Waals surface area contributed by atoms with Crippen molar-refractivity contribution in [1.29, 1.82) is 0 Å². The van der Waals surface area contributed by atoms with Crippen LogP contribution in [0.5, 0.6) is 5.75 Å². The van der Waals surface area contributed by atoms with E-state index in [1.165, 1.54) is 5.56 Å². The van der Waals surface area contributed by atoms with E-state index < -0.39 is 0 Å². The second kappa shape index (κ2) is 8.37. The third-order valence-electron chi connectivity index (χ3n) is 2.73. The first-order valence-electron chi connectivity index (χ1n) is 6.20. The number of nitrogens with two attached hydrogens (primary N) is 1. The molecule has 0 aliphatic carbocycles. The Labute approximate surface area is 111 Å². The van der Waals surface area contributed by atoms with Gasteiger partial charge in [0.15, 0.2) is 0 Å². The summed E-state index contributed by atoms with van der Waals surface area (Å²) >= 11 is 0. The fourth-order valence-electron chi connectivity index (χ4n) is 1.63. The molecule has 2 N–H and O–H groups in total. The minimum absolute atomic E-state index is 0. The average Bonchev–Trinajstić information content (AvgIpc) is 2.29. The standard InChI is InChI=1S/C14H23NO.ClH/c1-4-6-9-16-14-8-7-12(5-2)10-13(14)11(3)15;/h7-8,10-11H,4-6,9,15H2,1-3H3;1H. The van der Waals surface area contributed by atoms with Crippen molar-refractivity contribution in [1.82, 2.24) is 0 Å². The van der Waals surface area contributed by atoms with E-state index in [1.54, 1.807) is 0 Å². The van der Waals surface area contributed by atoms with Crippen molar-refractivity contribution in [2.45, 2.75) is 46.1 Å². The number of rotatable bonds is 6. The molecule has 0 bridgehead atoms. The van der Waals surface area contributed by atoms with Gasteiger partial charge in [-0.15, -0.1) is 12.4 Å². The number of aryl methyl sites for hydroxylation is 1. The van der Waals surface area contributed by atoms with Crippen LogP contribution in [0.3, 0.4) is 0 Å². The maximum Gasteiger partial charge on any atom is 0.124 e. The van der Waals surface area contributed by atoms with Crippen molar-refractivity contribution in [3.63, 3.8) is 0 Å². The molecule has 98 valence electrons. The molecular weight excluding hydrogens is 234 g/mol. The van der Waals surface area contributed by atoms with Gasteiger partial charge in [-0.2, -0.15) is 0 Å². The number of hydrogen-bond acceptors (Lipinski definition) is 2. The van der Waals surface area contributed by atoms with Crippen LogP contribution in [0.15, 0.2) is 18.2 Å². The van der Waals surface area contributed by atoms with Crippen LogP contribution in [0.2, 0.25) is 0 Å². The molecule has 3 heteroatoms. The molecule has 0 aliphatic rings. The van der Waals surface area contributed by atoms with E-state index in [-0.39, 0.29) is 18.4 Å². The van der Waals surface area contributed by atoms with Crippen LogP contribution < -0.4 is 10.5 Å². The molecule has 17 heavy (non-hydrogen) atoms. The van der Waals surface area contributed by atoms with E-state index in [0.717, 1.165) is 37.2 Å². The second-order valence-corrected chi connectivity index (χ2v) is 4.22. The third-order valence-corrected chi connectivity index (χ3v) is 2.73. The summed E-state index contributed by atoms with van der Waals surface area (Å²) in [5.74, 6) is 0.945. The van der Waals surface area contributed by atoms with Crippen LogP contribution in [0.1, 0.15) is 50.8 Å². The SMILES string of the molecule is CCCCOc1ccc(CC)cc1C(C)N.Cl. The van der Waals surface area contributed by atoms with Gasteiger partial charge in [0.2, 0.25) is 0 Å². The highest BCUT2D eigenvalue weighted by Crippen LogP contribution is 2.25. The van der Waals surface area contributed by atoms with Crippen molar-refractivity contribution in [3.8, 4) is 5.75 Å². The smallest absolute Gasteiger partial charge is 0.124 e. The Morgan fingerprint density at radius 1 is 1.29 bits per heavy atom. The lowest BCUT2D eigenvalue weighted by molar-refractivity contribution is 0.305. The quantitative estimate of drug-likeness (QED) is 0.786. The van der Waals surface area contributed by atoms with Crippen LogP contribution in [-0.2, 0) is 6.42 Å². The molecule has 1 rings (SSSR count). The molecule has 0 aromatic heterocycles. The number of halogens is 1. The lowest BCUT2D eigenvalue weighted by Crippen LogP contribution is -2.09. The molecule has 1 aromatic carbocycles. The normalized spacial score (nSPS) is 11.8. The number of unbranched alkanes of at least 4 members (excludes halogenated alkanes) is 1. The zero-order chi connectivity index (χ0) is 12.0.